The van der Waals surface area contributed by atoms with Crippen molar-refractivity contribution in [3.05, 3.63) is 0 Å². The van der Waals surface area contributed by atoms with E-state index in [0.717, 1.165) is 45.4 Å². The highest BCUT2D eigenvalue weighted by atomic mass is 16.2. The summed E-state index contributed by atoms with van der Waals surface area (Å²) in [5, 5.41) is 3.19. The Morgan fingerprint density at radius 1 is 1.18 bits per heavy atom. The molecule has 0 radical (unpaired) electrons. The van der Waals surface area contributed by atoms with Crippen molar-refractivity contribution in [2.45, 2.75) is 38.6 Å². The standard InChI is InChI=1S/C13H25N3O/c1-11-4-3-7-16(10-11)13(17)14-12-5-8-15(2)9-6-12/h11-12H,3-10H2,1-2H3,(H,14,17). The van der Waals surface area contributed by atoms with Gasteiger partial charge in [0.25, 0.3) is 0 Å². The summed E-state index contributed by atoms with van der Waals surface area (Å²) in [4.78, 5) is 16.4. The van der Waals surface area contributed by atoms with Gasteiger partial charge in [0.15, 0.2) is 0 Å². The van der Waals surface area contributed by atoms with E-state index in [1.807, 2.05) is 4.90 Å². The Morgan fingerprint density at radius 3 is 2.53 bits per heavy atom. The number of piperidine rings is 2. The van der Waals surface area contributed by atoms with Gasteiger partial charge in [-0.05, 0) is 51.7 Å². The highest BCUT2D eigenvalue weighted by Crippen LogP contribution is 2.16. The third-order valence-electron chi connectivity index (χ3n) is 3.99. The first kappa shape index (κ1) is 12.7. The van der Waals surface area contributed by atoms with Gasteiger partial charge in [-0.1, -0.05) is 6.92 Å². The zero-order chi connectivity index (χ0) is 12.3. The van der Waals surface area contributed by atoms with Crippen molar-refractivity contribution in [3.63, 3.8) is 0 Å². The van der Waals surface area contributed by atoms with Crippen LogP contribution in [0, 0.1) is 5.92 Å². The van der Waals surface area contributed by atoms with Gasteiger partial charge in [-0.2, -0.15) is 0 Å². The van der Waals surface area contributed by atoms with Crippen LogP contribution in [0.3, 0.4) is 0 Å². The molecule has 0 saturated carbocycles. The maximum atomic E-state index is 12.1. The molecule has 0 spiro atoms. The first-order chi connectivity index (χ1) is 8.15. The Kier molecular flexibility index (Phi) is 4.26. The average molecular weight is 239 g/mol. The van der Waals surface area contributed by atoms with E-state index in [4.69, 9.17) is 0 Å². The van der Waals surface area contributed by atoms with Crippen molar-refractivity contribution in [1.82, 2.24) is 15.1 Å². The molecule has 98 valence electrons. The molecule has 4 heteroatoms. The zero-order valence-corrected chi connectivity index (χ0v) is 11.1. The fourth-order valence-corrected chi connectivity index (χ4v) is 2.79. The third kappa shape index (κ3) is 3.60. The molecule has 0 aromatic heterocycles. The number of hydrogen-bond donors (Lipinski definition) is 1. The SMILES string of the molecule is CC1CCCN(C(=O)NC2CCN(C)CC2)C1. The number of amides is 2. The van der Waals surface area contributed by atoms with Gasteiger partial charge >= 0.3 is 6.03 Å². The van der Waals surface area contributed by atoms with Crippen LogP contribution in [0.15, 0.2) is 0 Å². The molecule has 2 aliphatic rings. The highest BCUT2D eigenvalue weighted by molar-refractivity contribution is 5.74. The monoisotopic (exact) mass is 239 g/mol. The molecule has 2 aliphatic heterocycles. The Morgan fingerprint density at radius 2 is 1.88 bits per heavy atom. The summed E-state index contributed by atoms with van der Waals surface area (Å²) in [5.74, 6) is 0.659. The van der Waals surface area contributed by atoms with Crippen molar-refractivity contribution in [2.75, 3.05) is 33.2 Å². The van der Waals surface area contributed by atoms with Gasteiger partial charge in [0.05, 0.1) is 0 Å². The van der Waals surface area contributed by atoms with Crippen molar-refractivity contribution in [3.8, 4) is 0 Å². The molecule has 2 heterocycles. The minimum atomic E-state index is 0.158. The van der Waals surface area contributed by atoms with Crippen molar-refractivity contribution in [2.24, 2.45) is 5.92 Å². The molecule has 2 fully saturated rings. The summed E-state index contributed by atoms with van der Waals surface area (Å²) in [7, 11) is 2.14. The Bertz CT molecular complexity index is 261. The fraction of sp³-hybridized carbons (Fsp3) is 0.923. The van der Waals surface area contributed by atoms with Gasteiger partial charge in [-0.15, -0.1) is 0 Å². The minimum absolute atomic E-state index is 0.158. The lowest BCUT2D eigenvalue weighted by Gasteiger charge is -2.34. The van der Waals surface area contributed by atoms with Gasteiger partial charge in [-0.25, -0.2) is 4.79 Å². The number of likely N-dealkylation sites (tertiary alicyclic amines) is 2. The lowest BCUT2D eigenvalue weighted by molar-refractivity contribution is 0.158. The molecular weight excluding hydrogens is 214 g/mol. The van der Waals surface area contributed by atoms with Gasteiger partial charge in [0, 0.05) is 19.1 Å². The van der Waals surface area contributed by atoms with Gasteiger partial charge < -0.3 is 15.1 Å². The lowest BCUT2D eigenvalue weighted by atomic mass is 10.0. The van der Waals surface area contributed by atoms with E-state index in [-0.39, 0.29) is 6.03 Å². The van der Waals surface area contributed by atoms with Crippen LogP contribution < -0.4 is 5.32 Å². The molecule has 0 bridgehead atoms. The molecular formula is C13H25N3O. The van der Waals surface area contributed by atoms with Crippen molar-refractivity contribution >= 4 is 6.03 Å². The predicted octanol–water partition coefficient (Wildman–Crippen LogP) is 1.52. The minimum Gasteiger partial charge on any atom is -0.335 e. The van der Waals surface area contributed by atoms with E-state index in [0.29, 0.717) is 12.0 Å². The van der Waals surface area contributed by atoms with E-state index in [1.165, 1.54) is 6.42 Å². The number of nitrogens with zero attached hydrogens (tertiary/aromatic N) is 2. The molecule has 2 amide bonds. The summed E-state index contributed by atoms with van der Waals surface area (Å²) in [6.07, 6.45) is 4.59. The first-order valence-corrected chi connectivity index (χ1v) is 6.89. The quantitative estimate of drug-likeness (QED) is 0.753. The number of rotatable bonds is 1. The van der Waals surface area contributed by atoms with Crippen LogP contribution in [0.5, 0.6) is 0 Å². The van der Waals surface area contributed by atoms with E-state index in [2.05, 4.69) is 24.2 Å². The molecule has 1 atom stereocenters. The smallest absolute Gasteiger partial charge is 0.317 e. The van der Waals surface area contributed by atoms with Crippen LogP contribution in [-0.4, -0.2) is 55.1 Å². The van der Waals surface area contributed by atoms with Gasteiger partial charge in [-0.3, -0.25) is 0 Å². The predicted molar refractivity (Wildman–Crippen MR) is 69.0 cm³/mol. The first-order valence-electron chi connectivity index (χ1n) is 6.89. The van der Waals surface area contributed by atoms with E-state index in [9.17, 15) is 4.79 Å². The molecule has 0 aromatic rings. The maximum Gasteiger partial charge on any atom is 0.317 e. The Hall–Kier alpha value is -0.770. The van der Waals surface area contributed by atoms with E-state index < -0.39 is 0 Å². The van der Waals surface area contributed by atoms with Crippen LogP contribution >= 0.6 is 0 Å². The fourth-order valence-electron chi connectivity index (χ4n) is 2.79. The van der Waals surface area contributed by atoms with Gasteiger partial charge in [0.1, 0.15) is 0 Å². The van der Waals surface area contributed by atoms with E-state index in [1.54, 1.807) is 0 Å². The number of carbonyl (C=O) groups is 1. The largest absolute Gasteiger partial charge is 0.335 e. The number of carbonyl (C=O) groups excluding carboxylic acids is 1. The number of nitrogens with one attached hydrogen (secondary N) is 1. The molecule has 1 unspecified atom stereocenters. The zero-order valence-electron chi connectivity index (χ0n) is 11.1. The summed E-state index contributed by atoms with van der Waals surface area (Å²) in [6.45, 7) is 6.29. The van der Waals surface area contributed by atoms with Crippen molar-refractivity contribution < 1.29 is 4.79 Å². The molecule has 1 N–H and O–H groups in total. The number of hydrogen-bond acceptors (Lipinski definition) is 2. The number of urea groups is 1. The van der Waals surface area contributed by atoms with Crippen LogP contribution in [0.4, 0.5) is 4.79 Å². The maximum absolute atomic E-state index is 12.1. The third-order valence-corrected chi connectivity index (χ3v) is 3.99. The highest BCUT2D eigenvalue weighted by Gasteiger charge is 2.24. The molecule has 2 saturated heterocycles. The van der Waals surface area contributed by atoms with Crippen LogP contribution in [0.1, 0.15) is 32.6 Å². The average Bonchev–Trinajstić information content (AvgIpc) is 2.32. The summed E-state index contributed by atoms with van der Waals surface area (Å²) in [5.41, 5.74) is 0. The summed E-state index contributed by atoms with van der Waals surface area (Å²) < 4.78 is 0. The molecule has 0 aliphatic carbocycles. The Balaban J connectivity index is 1.76. The lowest BCUT2D eigenvalue weighted by Crippen LogP contribution is -2.50. The molecule has 17 heavy (non-hydrogen) atoms. The van der Waals surface area contributed by atoms with E-state index >= 15 is 0 Å². The van der Waals surface area contributed by atoms with Gasteiger partial charge in [0.2, 0.25) is 0 Å². The normalized spacial score (nSPS) is 28.1. The Labute approximate surface area is 104 Å². The summed E-state index contributed by atoms with van der Waals surface area (Å²) in [6, 6.07) is 0.544. The topological polar surface area (TPSA) is 35.6 Å². The molecule has 4 nitrogen and oxygen atoms in total. The van der Waals surface area contributed by atoms with Crippen LogP contribution in [0.2, 0.25) is 0 Å². The van der Waals surface area contributed by atoms with Crippen LogP contribution in [-0.2, 0) is 0 Å². The molecule has 0 aromatic carbocycles. The van der Waals surface area contributed by atoms with Crippen LogP contribution in [0.25, 0.3) is 0 Å². The summed E-state index contributed by atoms with van der Waals surface area (Å²) >= 11 is 0. The molecule has 2 rings (SSSR count). The second-order valence-corrected chi connectivity index (χ2v) is 5.72. The second-order valence-electron chi connectivity index (χ2n) is 5.72. The van der Waals surface area contributed by atoms with Crippen molar-refractivity contribution in [1.29, 1.82) is 0 Å². The second kappa shape index (κ2) is 5.71.